The van der Waals surface area contributed by atoms with Crippen molar-refractivity contribution in [2.45, 2.75) is 77.4 Å². The Kier molecular flexibility index (Phi) is 8.05. The molecule has 0 bridgehead atoms. The van der Waals surface area contributed by atoms with Gasteiger partial charge in [0.05, 0.1) is 25.4 Å². The third-order valence-electron chi connectivity index (χ3n) is 5.04. The van der Waals surface area contributed by atoms with Crippen LogP contribution in [0, 0.1) is 11.8 Å². The first-order valence-electron chi connectivity index (χ1n) is 9.16. The Morgan fingerprint density at radius 1 is 0.857 bits per heavy atom. The topological polar surface area (TPSA) is 27.7 Å². The Hall–Kier alpha value is -0.120. The molecule has 2 saturated heterocycles. The van der Waals surface area contributed by atoms with Crippen molar-refractivity contribution in [3.05, 3.63) is 0 Å². The Morgan fingerprint density at radius 3 is 1.57 bits per heavy atom. The first-order valence-corrected chi connectivity index (χ1v) is 9.16. The van der Waals surface area contributed by atoms with Gasteiger partial charge in [0.25, 0.3) is 0 Å². The van der Waals surface area contributed by atoms with Gasteiger partial charge >= 0.3 is 0 Å². The Labute approximate surface area is 130 Å². The molecular formula is C18H34O3. The molecule has 3 heteroatoms. The van der Waals surface area contributed by atoms with E-state index in [0.717, 1.165) is 26.4 Å². The summed E-state index contributed by atoms with van der Waals surface area (Å²) in [6, 6.07) is 0. The zero-order valence-corrected chi connectivity index (χ0v) is 14.0. The summed E-state index contributed by atoms with van der Waals surface area (Å²) in [7, 11) is 0. The average Bonchev–Trinajstić information content (AvgIpc) is 2.37. The monoisotopic (exact) mass is 298 g/mol. The lowest BCUT2D eigenvalue weighted by Gasteiger charge is -2.36. The molecule has 4 unspecified atom stereocenters. The first-order chi connectivity index (χ1) is 10.3. The van der Waals surface area contributed by atoms with E-state index in [-0.39, 0.29) is 0 Å². The van der Waals surface area contributed by atoms with Crippen LogP contribution >= 0.6 is 0 Å². The van der Waals surface area contributed by atoms with Gasteiger partial charge in [-0.05, 0) is 25.7 Å². The minimum Gasteiger partial charge on any atom is -0.381 e. The second-order valence-electron chi connectivity index (χ2n) is 6.74. The molecule has 21 heavy (non-hydrogen) atoms. The molecule has 0 aromatic heterocycles. The average molecular weight is 298 g/mol. The zero-order valence-electron chi connectivity index (χ0n) is 14.0. The molecule has 0 radical (unpaired) electrons. The van der Waals surface area contributed by atoms with Crippen LogP contribution in [0.3, 0.4) is 0 Å². The summed E-state index contributed by atoms with van der Waals surface area (Å²) in [4.78, 5) is 0. The van der Waals surface area contributed by atoms with Crippen LogP contribution in [-0.4, -0.2) is 38.6 Å². The molecule has 2 aliphatic rings. The Balaban J connectivity index is 1.67. The van der Waals surface area contributed by atoms with E-state index in [4.69, 9.17) is 14.2 Å². The van der Waals surface area contributed by atoms with Gasteiger partial charge < -0.3 is 14.2 Å². The second-order valence-corrected chi connectivity index (χ2v) is 6.74. The van der Waals surface area contributed by atoms with Crippen LogP contribution in [0.4, 0.5) is 0 Å². The van der Waals surface area contributed by atoms with E-state index in [1.54, 1.807) is 0 Å². The van der Waals surface area contributed by atoms with Gasteiger partial charge in [-0.3, -0.25) is 0 Å². The maximum absolute atomic E-state index is 6.11. The summed E-state index contributed by atoms with van der Waals surface area (Å²) < 4.78 is 17.5. The van der Waals surface area contributed by atoms with Crippen LogP contribution in [0.15, 0.2) is 0 Å². The fourth-order valence-electron chi connectivity index (χ4n) is 3.31. The minimum absolute atomic E-state index is 0.464. The van der Waals surface area contributed by atoms with Crippen LogP contribution < -0.4 is 0 Å². The van der Waals surface area contributed by atoms with E-state index in [0.29, 0.717) is 24.0 Å². The number of unbranched alkanes of at least 4 members (excludes halogenated alkanes) is 2. The fourth-order valence-corrected chi connectivity index (χ4v) is 3.31. The van der Waals surface area contributed by atoms with Gasteiger partial charge in [0, 0.05) is 25.0 Å². The van der Waals surface area contributed by atoms with Crippen molar-refractivity contribution in [2.75, 3.05) is 26.4 Å². The minimum atomic E-state index is 0.464. The van der Waals surface area contributed by atoms with Crippen molar-refractivity contribution in [1.29, 1.82) is 0 Å². The van der Waals surface area contributed by atoms with Gasteiger partial charge in [0.1, 0.15) is 0 Å². The molecule has 0 spiro atoms. The third-order valence-corrected chi connectivity index (χ3v) is 5.04. The summed E-state index contributed by atoms with van der Waals surface area (Å²) in [5.74, 6) is 1.21. The smallest absolute Gasteiger partial charge is 0.0647 e. The molecule has 124 valence electrons. The fraction of sp³-hybridized carbons (Fsp3) is 1.00. The summed E-state index contributed by atoms with van der Waals surface area (Å²) in [5.41, 5.74) is 0. The molecule has 2 aliphatic heterocycles. The van der Waals surface area contributed by atoms with Crippen molar-refractivity contribution < 1.29 is 14.2 Å². The largest absolute Gasteiger partial charge is 0.381 e. The van der Waals surface area contributed by atoms with E-state index in [1.807, 2.05) is 0 Å². The highest BCUT2D eigenvalue weighted by molar-refractivity contribution is 4.78. The van der Waals surface area contributed by atoms with Crippen molar-refractivity contribution in [2.24, 2.45) is 11.8 Å². The van der Waals surface area contributed by atoms with Gasteiger partial charge in [-0.1, -0.05) is 39.5 Å². The van der Waals surface area contributed by atoms with Gasteiger partial charge in [-0.2, -0.15) is 0 Å². The van der Waals surface area contributed by atoms with Crippen LogP contribution in [-0.2, 0) is 14.2 Å². The summed E-state index contributed by atoms with van der Waals surface area (Å²) in [6.45, 7) is 8.16. The van der Waals surface area contributed by atoms with Crippen LogP contribution in [0.2, 0.25) is 0 Å². The second kappa shape index (κ2) is 9.81. The number of ether oxygens (including phenoxy) is 3. The van der Waals surface area contributed by atoms with E-state index >= 15 is 0 Å². The molecule has 3 nitrogen and oxygen atoms in total. The molecular weight excluding hydrogens is 264 g/mol. The predicted molar refractivity (Wildman–Crippen MR) is 85.6 cm³/mol. The van der Waals surface area contributed by atoms with Gasteiger partial charge in [0.15, 0.2) is 0 Å². The molecule has 4 atom stereocenters. The summed E-state index contributed by atoms with van der Waals surface area (Å²) in [5, 5.41) is 0. The molecule has 2 fully saturated rings. The maximum atomic E-state index is 6.11. The van der Waals surface area contributed by atoms with Crippen molar-refractivity contribution in [1.82, 2.24) is 0 Å². The summed E-state index contributed by atoms with van der Waals surface area (Å²) in [6.07, 6.45) is 11.0. The molecule has 0 aliphatic carbocycles. The van der Waals surface area contributed by atoms with Crippen LogP contribution in [0.5, 0.6) is 0 Å². The van der Waals surface area contributed by atoms with Crippen molar-refractivity contribution in [3.63, 3.8) is 0 Å². The lowest BCUT2D eigenvalue weighted by atomic mass is 9.91. The summed E-state index contributed by atoms with van der Waals surface area (Å²) >= 11 is 0. The van der Waals surface area contributed by atoms with Gasteiger partial charge in [-0.25, -0.2) is 0 Å². The SMILES string of the molecule is CCCCC(COCC(CCCC)C1CCO1)C1CCO1. The Bertz CT molecular complexity index is 235. The number of hydrogen-bond acceptors (Lipinski definition) is 3. The molecule has 0 amide bonds. The molecule has 0 saturated carbocycles. The normalized spacial score (nSPS) is 27.7. The molecule has 0 aromatic rings. The van der Waals surface area contributed by atoms with E-state index in [2.05, 4.69) is 13.8 Å². The lowest BCUT2D eigenvalue weighted by Crippen LogP contribution is -2.39. The van der Waals surface area contributed by atoms with Crippen LogP contribution in [0.25, 0.3) is 0 Å². The lowest BCUT2D eigenvalue weighted by molar-refractivity contribution is -0.124. The quantitative estimate of drug-likeness (QED) is 0.540. The Morgan fingerprint density at radius 2 is 1.29 bits per heavy atom. The zero-order chi connectivity index (χ0) is 14.9. The van der Waals surface area contributed by atoms with Crippen molar-refractivity contribution in [3.8, 4) is 0 Å². The van der Waals surface area contributed by atoms with E-state index < -0.39 is 0 Å². The molecule has 2 heterocycles. The predicted octanol–water partition coefficient (Wildman–Crippen LogP) is 4.19. The number of hydrogen-bond donors (Lipinski definition) is 0. The van der Waals surface area contributed by atoms with E-state index in [9.17, 15) is 0 Å². The first kappa shape index (κ1) is 17.2. The maximum Gasteiger partial charge on any atom is 0.0647 e. The van der Waals surface area contributed by atoms with Gasteiger partial charge in [0.2, 0.25) is 0 Å². The van der Waals surface area contributed by atoms with Crippen molar-refractivity contribution >= 4 is 0 Å². The molecule has 2 rings (SSSR count). The van der Waals surface area contributed by atoms with Crippen LogP contribution in [0.1, 0.15) is 65.2 Å². The third kappa shape index (κ3) is 5.54. The molecule has 0 N–H and O–H groups in total. The highest BCUT2D eigenvalue weighted by atomic mass is 16.5. The van der Waals surface area contributed by atoms with Gasteiger partial charge in [-0.15, -0.1) is 0 Å². The molecule has 0 aromatic carbocycles. The standard InChI is InChI=1S/C18H34O3/c1-3-5-7-15(17-9-11-20-17)13-19-14-16(8-6-4-2)18-10-12-21-18/h15-18H,3-14H2,1-2H3. The van der Waals surface area contributed by atoms with E-state index in [1.165, 1.54) is 51.4 Å². The number of rotatable bonds is 12. The highest BCUT2D eigenvalue weighted by Crippen LogP contribution is 2.28. The highest BCUT2D eigenvalue weighted by Gasteiger charge is 2.30.